The van der Waals surface area contributed by atoms with Gasteiger partial charge in [-0.2, -0.15) is 5.26 Å². The number of carbonyl (C=O) groups excluding carboxylic acids is 1. The topological polar surface area (TPSA) is 40.9 Å². The van der Waals surface area contributed by atoms with Gasteiger partial charge in [-0.1, -0.05) is 36.4 Å². The minimum atomic E-state index is 0.0953. The van der Waals surface area contributed by atoms with Crippen molar-refractivity contribution in [1.82, 2.24) is 0 Å². The van der Waals surface area contributed by atoms with E-state index in [0.29, 0.717) is 12.0 Å². The molecule has 0 amide bonds. The molecular formula is C17H11NO. The molecule has 1 aliphatic carbocycles. The summed E-state index contributed by atoms with van der Waals surface area (Å²) in [6.45, 7) is 0. The van der Waals surface area contributed by atoms with Crippen LogP contribution in [0.3, 0.4) is 0 Å². The molecule has 2 heteroatoms. The van der Waals surface area contributed by atoms with E-state index in [9.17, 15) is 4.79 Å². The van der Waals surface area contributed by atoms with E-state index in [1.54, 1.807) is 12.1 Å². The maximum Gasteiger partial charge on any atom is 0.189 e. The second-order valence-corrected chi connectivity index (χ2v) is 4.57. The van der Waals surface area contributed by atoms with E-state index >= 15 is 0 Å². The highest BCUT2D eigenvalue weighted by Gasteiger charge is 2.23. The Morgan fingerprint density at radius 2 is 1.95 bits per heavy atom. The quantitative estimate of drug-likeness (QED) is 0.723. The standard InChI is InChI=1S/C17H11NO/c18-11-13-5-3-4-12(8-13)9-15-10-14-6-1-2-7-16(14)17(15)19/h1-9H,10H2. The van der Waals surface area contributed by atoms with Crippen LogP contribution in [-0.4, -0.2) is 5.78 Å². The molecule has 2 aromatic rings. The first-order chi connectivity index (χ1) is 9.28. The number of nitriles is 1. The summed E-state index contributed by atoms with van der Waals surface area (Å²) < 4.78 is 0. The van der Waals surface area contributed by atoms with Gasteiger partial charge in [0.2, 0.25) is 0 Å². The summed E-state index contributed by atoms with van der Waals surface area (Å²) in [4.78, 5) is 12.2. The summed E-state index contributed by atoms with van der Waals surface area (Å²) in [5, 5.41) is 8.88. The summed E-state index contributed by atoms with van der Waals surface area (Å²) in [6.07, 6.45) is 2.55. The monoisotopic (exact) mass is 245 g/mol. The number of carbonyl (C=O) groups is 1. The van der Waals surface area contributed by atoms with Gasteiger partial charge < -0.3 is 0 Å². The van der Waals surface area contributed by atoms with Crippen LogP contribution in [0.2, 0.25) is 0 Å². The molecular weight excluding hydrogens is 234 g/mol. The average Bonchev–Trinajstić information content (AvgIpc) is 2.76. The number of rotatable bonds is 1. The highest BCUT2D eigenvalue weighted by molar-refractivity contribution is 6.15. The van der Waals surface area contributed by atoms with Gasteiger partial charge >= 0.3 is 0 Å². The lowest BCUT2D eigenvalue weighted by atomic mass is 10.1. The fourth-order valence-corrected chi connectivity index (χ4v) is 2.37. The van der Waals surface area contributed by atoms with Crippen molar-refractivity contribution in [3.8, 4) is 6.07 Å². The van der Waals surface area contributed by atoms with Gasteiger partial charge in [-0.15, -0.1) is 0 Å². The molecule has 0 heterocycles. The molecule has 19 heavy (non-hydrogen) atoms. The predicted molar refractivity (Wildman–Crippen MR) is 73.6 cm³/mol. The average molecular weight is 245 g/mol. The van der Waals surface area contributed by atoms with E-state index in [1.165, 1.54) is 0 Å². The molecule has 0 unspecified atom stereocenters. The molecule has 3 rings (SSSR count). The minimum absolute atomic E-state index is 0.0953. The van der Waals surface area contributed by atoms with Crippen LogP contribution >= 0.6 is 0 Å². The smallest absolute Gasteiger partial charge is 0.189 e. The summed E-state index contributed by atoms with van der Waals surface area (Å²) in [5.41, 5.74) is 4.17. The Bertz CT molecular complexity index is 735. The predicted octanol–water partition coefficient (Wildman–Crippen LogP) is 3.38. The Kier molecular flexibility index (Phi) is 2.74. The van der Waals surface area contributed by atoms with Crippen LogP contribution in [0.5, 0.6) is 0 Å². The van der Waals surface area contributed by atoms with Gasteiger partial charge in [0, 0.05) is 17.6 Å². The number of nitrogens with zero attached hydrogens (tertiary/aromatic N) is 1. The SMILES string of the molecule is N#Cc1cccc(C=C2Cc3ccccc3C2=O)c1. The maximum atomic E-state index is 12.2. The number of benzene rings is 2. The Labute approximate surface area is 111 Å². The van der Waals surface area contributed by atoms with E-state index < -0.39 is 0 Å². The van der Waals surface area contributed by atoms with E-state index in [-0.39, 0.29) is 5.78 Å². The van der Waals surface area contributed by atoms with Gasteiger partial charge in [-0.3, -0.25) is 4.79 Å². The van der Waals surface area contributed by atoms with Gasteiger partial charge in [0.15, 0.2) is 5.78 Å². The van der Waals surface area contributed by atoms with Gasteiger partial charge in [-0.05, 0) is 29.3 Å². The minimum Gasteiger partial charge on any atom is -0.289 e. The van der Waals surface area contributed by atoms with E-state index in [1.807, 2.05) is 42.5 Å². The third-order valence-corrected chi connectivity index (χ3v) is 3.29. The van der Waals surface area contributed by atoms with Crippen molar-refractivity contribution in [1.29, 1.82) is 5.26 Å². The van der Waals surface area contributed by atoms with Crippen molar-refractivity contribution < 1.29 is 4.79 Å². The molecule has 0 atom stereocenters. The summed E-state index contributed by atoms with van der Waals surface area (Å²) in [6, 6.07) is 17.1. The second-order valence-electron chi connectivity index (χ2n) is 4.57. The molecule has 90 valence electrons. The van der Waals surface area contributed by atoms with Gasteiger partial charge in [0.05, 0.1) is 11.6 Å². The molecule has 0 saturated carbocycles. The number of ketones is 1. The Balaban J connectivity index is 1.99. The lowest BCUT2D eigenvalue weighted by molar-refractivity contribution is 0.104. The first-order valence-corrected chi connectivity index (χ1v) is 6.11. The third kappa shape index (κ3) is 2.07. The fraction of sp³-hybridized carbons (Fsp3) is 0.0588. The maximum absolute atomic E-state index is 12.2. The zero-order chi connectivity index (χ0) is 13.2. The van der Waals surface area contributed by atoms with Crippen molar-refractivity contribution in [2.24, 2.45) is 0 Å². The highest BCUT2D eigenvalue weighted by Crippen LogP contribution is 2.27. The lowest BCUT2D eigenvalue weighted by Gasteiger charge is -1.97. The molecule has 0 N–H and O–H groups in total. The van der Waals surface area contributed by atoms with Crippen LogP contribution in [0.15, 0.2) is 54.1 Å². The Hall–Kier alpha value is -2.66. The molecule has 1 aliphatic rings. The van der Waals surface area contributed by atoms with Crippen molar-refractivity contribution in [3.05, 3.63) is 76.4 Å². The van der Waals surface area contributed by atoms with Crippen molar-refractivity contribution in [2.45, 2.75) is 6.42 Å². The van der Waals surface area contributed by atoms with Gasteiger partial charge in [0.1, 0.15) is 0 Å². The third-order valence-electron chi connectivity index (χ3n) is 3.29. The summed E-state index contributed by atoms with van der Waals surface area (Å²) >= 11 is 0. The molecule has 0 fully saturated rings. The molecule has 0 aliphatic heterocycles. The van der Waals surface area contributed by atoms with Crippen LogP contribution in [0.4, 0.5) is 0 Å². The zero-order valence-electron chi connectivity index (χ0n) is 10.3. The zero-order valence-corrected chi connectivity index (χ0v) is 10.3. The number of Topliss-reactive ketones (excluding diaryl/α,β-unsaturated/α-hetero) is 1. The molecule has 0 saturated heterocycles. The molecule has 0 radical (unpaired) electrons. The number of hydrogen-bond donors (Lipinski definition) is 0. The van der Waals surface area contributed by atoms with Gasteiger partial charge in [-0.25, -0.2) is 0 Å². The second kappa shape index (κ2) is 4.55. The van der Waals surface area contributed by atoms with Crippen LogP contribution in [-0.2, 0) is 6.42 Å². The van der Waals surface area contributed by atoms with Crippen LogP contribution in [0, 0.1) is 11.3 Å². The molecule has 2 aromatic carbocycles. The number of hydrogen-bond acceptors (Lipinski definition) is 2. The summed E-state index contributed by atoms with van der Waals surface area (Å²) in [5.74, 6) is 0.0953. The van der Waals surface area contributed by atoms with E-state index in [4.69, 9.17) is 5.26 Å². The van der Waals surface area contributed by atoms with E-state index in [2.05, 4.69) is 6.07 Å². The Morgan fingerprint density at radius 1 is 1.11 bits per heavy atom. The fourth-order valence-electron chi connectivity index (χ4n) is 2.37. The first kappa shape index (κ1) is 11.4. The van der Waals surface area contributed by atoms with Crippen molar-refractivity contribution in [3.63, 3.8) is 0 Å². The number of allylic oxidation sites excluding steroid dienone is 1. The molecule has 0 aromatic heterocycles. The summed E-state index contributed by atoms with van der Waals surface area (Å²) in [7, 11) is 0. The highest BCUT2D eigenvalue weighted by atomic mass is 16.1. The molecule has 2 nitrogen and oxygen atoms in total. The first-order valence-electron chi connectivity index (χ1n) is 6.11. The van der Waals surface area contributed by atoms with Crippen LogP contribution < -0.4 is 0 Å². The van der Waals surface area contributed by atoms with Crippen molar-refractivity contribution >= 4 is 11.9 Å². The number of fused-ring (bicyclic) bond motifs is 1. The molecule has 0 spiro atoms. The molecule has 0 bridgehead atoms. The van der Waals surface area contributed by atoms with Gasteiger partial charge in [0.25, 0.3) is 0 Å². The Morgan fingerprint density at radius 3 is 2.74 bits per heavy atom. The van der Waals surface area contributed by atoms with Crippen molar-refractivity contribution in [2.75, 3.05) is 0 Å². The van der Waals surface area contributed by atoms with Crippen LogP contribution in [0.25, 0.3) is 6.08 Å². The largest absolute Gasteiger partial charge is 0.289 e. The normalized spacial score (nSPS) is 15.3. The van der Waals surface area contributed by atoms with Crippen LogP contribution in [0.1, 0.15) is 27.0 Å². The lowest BCUT2D eigenvalue weighted by Crippen LogP contribution is -1.94. The van der Waals surface area contributed by atoms with E-state index in [0.717, 1.165) is 22.3 Å².